The molecule has 0 aromatic carbocycles. The topological polar surface area (TPSA) is 146 Å². The second-order valence-corrected chi connectivity index (χ2v) is 6.53. The zero-order valence-electron chi connectivity index (χ0n) is 10.6. The molecule has 1 unspecified atom stereocenters. The maximum atomic E-state index is 10.5. The zero-order valence-corrected chi connectivity index (χ0v) is 16.9. The SMILES string of the molecule is CCC(C)C(=O)OP=O.O=PP=O.O=PP=O.O=PP=O. The molecule has 0 fully saturated rings. The van der Waals surface area contributed by atoms with Gasteiger partial charge in [0, 0.05) is 0 Å². The lowest BCUT2D eigenvalue weighted by atomic mass is 10.1. The Morgan fingerprint density at radius 3 is 1.24 bits per heavy atom. The Bertz CT molecular complexity index is 288. The van der Waals surface area contributed by atoms with Gasteiger partial charge in [-0.05, 0) is 6.42 Å². The number of hydrogen-bond donors (Lipinski definition) is 0. The van der Waals surface area contributed by atoms with Gasteiger partial charge in [-0.3, -0.25) is 32.2 Å². The molecule has 0 spiro atoms. The van der Waals surface area contributed by atoms with Crippen molar-refractivity contribution in [2.45, 2.75) is 20.3 Å². The van der Waals surface area contributed by atoms with Gasteiger partial charge in [0.1, 0.15) is 0 Å². The summed E-state index contributed by atoms with van der Waals surface area (Å²) in [6.07, 6.45) is 0.717. The van der Waals surface area contributed by atoms with Crippen LogP contribution in [0.15, 0.2) is 0 Å². The first-order valence-corrected chi connectivity index (χ1v) is 12.2. The third-order valence-corrected chi connectivity index (χ3v) is 2.30. The fourth-order valence-corrected chi connectivity index (χ4v) is 0.547. The molecule has 1 atom stereocenters. The average molecular weight is 430 g/mol. The molecule has 118 valence electrons. The molecule has 0 aliphatic heterocycles. The maximum absolute atomic E-state index is 10.5. The van der Waals surface area contributed by atoms with E-state index in [0.29, 0.717) is 6.42 Å². The summed E-state index contributed by atoms with van der Waals surface area (Å²) >= 11 is 0. The predicted molar refractivity (Wildman–Crippen MR) is 78.8 cm³/mol. The lowest BCUT2D eigenvalue weighted by Crippen LogP contribution is -2.08. The molecule has 0 amide bonds. The van der Waals surface area contributed by atoms with Crippen molar-refractivity contribution >= 4 is 63.5 Å². The Morgan fingerprint density at radius 2 is 1.10 bits per heavy atom. The minimum absolute atomic E-state index is 0.147. The van der Waals surface area contributed by atoms with E-state index in [9.17, 15) is 9.36 Å². The van der Waals surface area contributed by atoms with Gasteiger partial charge in [-0.15, -0.1) is 0 Å². The molecular formula is C5H9O9P7. The van der Waals surface area contributed by atoms with Crippen LogP contribution in [0, 0.1) is 5.92 Å². The standard InChI is InChI=1S/C5H9O3P.3O2P2/c1-3-4(2)5(6)8-9-7;3*1-3-4-2/h4H,3H2,1-2H3;;;. The van der Waals surface area contributed by atoms with Crippen molar-refractivity contribution in [3.63, 3.8) is 0 Å². The monoisotopic (exact) mass is 430 g/mol. The Balaban J connectivity index is -0.000000102. The van der Waals surface area contributed by atoms with Gasteiger partial charge in [-0.2, -0.15) is 0 Å². The molecule has 0 N–H and O–H groups in total. The van der Waals surface area contributed by atoms with E-state index in [2.05, 4.69) is 4.52 Å². The van der Waals surface area contributed by atoms with Crippen LogP contribution in [0.1, 0.15) is 20.3 Å². The van der Waals surface area contributed by atoms with Gasteiger partial charge in [-0.25, -0.2) is 4.57 Å². The van der Waals surface area contributed by atoms with Crippen LogP contribution >= 0.6 is 57.6 Å². The van der Waals surface area contributed by atoms with Gasteiger partial charge >= 0.3 is 14.7 Å². The van der Waals surface area contributed by atoms with E-state index < -0.39 is 14.7 Å². The molecule has 0 heterocycles. The van der Waals surface area contributed by atoms with E-state index >= 15 is 0 Å². The maximum Gasteiger partial charge on any atom is 0.398 e. The van der Waals surface area contributed by atoms with Crippen molar-refractivity contribution in [1.29, 1.82) is 0 Å². The molecule has 0 bridgehead atoms. The lowest BCUT2D eigenvalue weighted by molar-refractivity contribution is -0.137. The average Bonchev–Trinajstić information content (AvgIpc) is 2.54. The Morgan fingerprint density at radius 1 is 0.810 bits per heavy atom. The van der Waals surface area contributed by atoms with Gasteiger partial charge in [-0.1, -0.05) is 13.8 Å². The van der Waals surface area contributed by atoms with Crippen molar-refractivity contribution in [2.24, 2.45) is 5.92 Å². The highest BCUT2D eigenvalue weighted by Gasteiger charge is 2.10. The molecule has 0 rings (SSSR count). The van der Waals surface area contributed by atoms with Crippen molar-refractivity contribution in [3.8, 4) is 0 Å². The van der Waals surface area contributed by atoms with Crippen LogP contribution in [0.2, 0.25) is 0 Å². The molecule has 0 saturated heterocycles. The normalized spacial score (nSPS) is 10.8. The Labute approximate surface area is 131 Å². The first-order valence-electron chi connectivity index (χ1n) is 4.45. The van der Waals surface area contributed by atoms with Crippen molar-refractivity contribution < 1.29 is 41.3 Å². The summed E-state index contributed by atoms with van der Waals surface area (Å²) < 4.78 is 67.5. The first kappa shape index (κ1) is 29.2. The number of hydrogen-bond acceptors (Lipinski definition) is 9. The first-order chi connectivity index (χ1) is 9.96. The van der Waals surface area contributed by atoms with Crippen LogP contribution in [0.25, 0.3) is 0 Å². The number of carbonyl (C=O) groups is 1. The lowest BCUT2D eigenvalue weighted by Gasteiger charge is -2.00. The van der Waals surface area contributed by atoms with Crippen molar-refractivity contribution in [2.75, 3.05) is 0 Å². The number of rotatable bonds is 6. The molecule has 0 radical (unpaired) electrons. The highest BCUT2D eigenvalue weighted by atomic mass is 32.0. The quantitative estimate of drug-likeness (QED) is 0.447. The largest absolute Gasteiger partial charge is 0.398 e. The second-order valence-electron chi connectivity index (χ2n) is 2.28. The van der Waals surface area contributed by atoms with E-state index in [4.69, 9.17) is 27.4 Å². The smallest absolute Gasteiger partial charge is 0.373 e. The molecule has 0 aliphatic rings. The van der Waals surface area contributed by atoms with Crippen LogP contribution in [0.4, 0.5) is 0 Å². The van der Waals surface area contributed by atoms with Crippen LogP contribution in [0.5, 0.6) is 0 Å². The van der Waals surface area contributed by atoms with Gasteiger partial charge in [0.05, 0.1) is 5.92 Å². The fourth-order valence-electron chi connectivity index (χ4n) is 0.293. The van der Waals surface area contributed by atoms with E-state index in [0.717, 1.165) is 0 Å². The molecule has 0 saturated carbocycles. The van der Waals surface area contributed by atoms with Crippen LogP contribution < -0.4 is 0 Å². The summed E-state index contributed by atoms with van der Waals surface area (Å²) in [5.41, 5.74) is 0. The molecule has 0 aromatic heterocycles. The fraction of sp³-hybridized carbons (Fsp3) is 0.800. The Hall–Kier alpha value is 0.170. The molecule has 9 nitrogen and oxygen atoms in total. The molecule has 16 heteroatoms. The van der Waals surface area contributed by atoms with Crippen molar-refractivity contribution in [1.82, 2.24) is 0 Å². The van der Waals surface area contributed by atoms with Gasteiger partial charge in [0.15, 0.2) is 0 Å². The zero-order chi connectivity index (χ0) is 17.5. The second kappa shape index (κ2) is 32.2. The Kier molecular flexibility index (Phi) is 44.8. The van der Waals surface area contributed by atoms with Crippen LogP contribution in [-0.4, -0.2) is 5.97 Å². The minimum atomic E-state index is -0.556. The third kappa shape index (κ3) is 45.0. The predicted octanol–water partition coefficient (Wildman–Crippen LogP) is 6.24. The third-order valence-electron chi connectivity index (χ3n) is 1.24. The highest BCUT2D eigenvalue weighted by molar-refractivity contribution is 7.99. The van der Waals surface area contributed by atoms with Gasteiger partial charge < -0.3 is 4.52 Å². The summed E-state index contributed by atoms with van der Waals surface area (Å²) in [4.78, 5) is 10.5. The van der Waals surface area contributed by atoms with Crippen molar-refractivity contribution in [3.05, 3.63) is 0 Å². The van der Waals surface area contributed by atoms with E-state index in [1.165, 1.54) is 0 Å². The molecule has 0 aromatic rings. The van der Waals surface area contributed by atoms with Gasteiger partial charge in [0.25, 0.3) is 48.9 Å². The summed E-state index contributed by atoms with van der Waals surface area (Å²) in [5.74, 6) is -0.555. The molecular weight excluding hydrogens is 421 g/mol. The summed E-state index contributed by atoms with van der Waals surface area (Å²) in [6, 6.07) is 0. The minimum Gasteiger partial charge on any atom is -0.373 e. The molecule has 0 aliphatic carbocycles. The van der Waals surface area contributed by atoms with E-state index in [1.807, 2.05) is 6.92 Å². The van der Waals surface area contributed by atoms with Crippen LogP contribution in [-0.2, 0) is 41.3 Å². The number of carbonyl (C=O) groups excluding carboxylic acids is 1. The van der Waals surface area contributed by atoms with E-state index in [1.54, 1.807) is 6.92 Å². The molecule has 21 heavy (non-hydrogen) atoms. The van der Waals surface area contributed by atoms with E-state index in [-0.39, 0.29) is 54.8 Å². The van der Waals surface area contributed by atoms with Crippen LogP contribution in [0.3, 0.4) is 0 Å². The summed E-state index contributed by atoms with van der Waals surface area (Å²) in [5, 5.41) is 0. The highest BCUT2D eigenvalue weighted by Crippen LogP contribution is 2.10. The van der Waals surface area contributed by atoms with Gasteiger partial charge in [0.2, 0.25) is 0 Å². The summed E-state index contributed by atoms with van der Waals surface area (Å²) in [6.45, 7) is 3.60. The summed E-state index contributed by atoms with van der Waals surface area (Å²) in [7, 11) is -2.57.